The van der Waals surface area contributed by atoms with E-state index < -0.39 is 0 Å². The van der Waals surface area contributed by atoms with Gasteiger partial charge in [0.25, 0.3) is 0 Å². The van der Waals surface area contributed by atoms with Gasteiger partial charge in [0.2, 0.25) is 0 Å². The Morgan fingerprint density at radius 1 is 1.00 bits per heavy atom. The lowest BCUT2D eigenvalue weighted by atomic mass is 9.67. The number of carbonyl (C=O) groups excluding carboxylic acids is 2. The fourth-order valence-electron chi connectivity index (χ4n) is 6.34. The summed E-state index contributed by atoms with van der Waals surface area (Å²) in [6, 6.07) is 14.7. The van der Waals surface area contributed by atoms with Gasteiger partial charge in [0, 0.05) is 23.2 Å². The molecule has 1 amide bonds. The van der Waals surface area contributed by atoms with E-state index in [9.17, 15) is 9.59 Å². The van der Waals surface area contributed by atoms with Gasteiger partial charge in [-0.25, -0.2) is 9.78 Å². The van der Waals surface area contributed by atoms with Crippen molar-refractivity contribution in [3.8, 4) is 11.4 Å². The molecule has 7 heteroatoms. The number of methoxy groups -OCH3 is 2. The molecule has 1 aliphatic heterocycles. The van der Waals surface area contributed by atoms with Gasteiger partial charge >= 0.3 is 12.1 Å². The third kappa shape index (κ3) is 3.94. The first kappa shape index (κ1) is 24.3. The van der Waals surface area contributed by atoms with Crippen molar-refractivity contribution in [2.45, 2.75) is 65.0 Å². The molecule has 0 N–H and O–H groups in total. The molecular weight excluding hydrogens is 454 g/mol. The van der Waals surface area contributed by atoms with E-state index in [2.05, 4.69) is 43.5 Å². The lowest BCUT2D eigenvalue weighted by molar-refractivity contribution is -0.152. The molecule has 0 spiro atoms. The monoisotopic (exact) mass is 489 g/mol. The molecule has 1 aromatic heterocycles. The third-order valence-electron chi connectivity index (χ3n) is 8.20. The molecule has 3 atom stereocenters. The largest absolute Gasteiger partial charge is 0.469 e. The van der Waals surface area contributed by atoms with Crippen molar-refractivity contribution >= 4 is 28.8 Å². The maximum absolute atomic E-state index is 12.6. The van der Waals surface area contributed by atoms with Crippen LogP contribution in [0.1, 0.15) is 58.1 Å². The van der Waals surface area contributed by atoms with Crippen LogP contribution in [0.15, 0.2) is 42.5 Å². The molecule has 3 aromatic rings. The number of hydrogen-bond donors (Lipinski definition) is 0. The Bertz CT molecular complexity index is 1300. The predicted octanol–water partition coefficient (Wildman–Crippen LogP) is 6.15. The number of hydrogen-bond acceptors (Lipinski definition) is 5. The lowest BCUT2D eigenvalue weighted by Crippen LogP contribution is -2.42. The number of imidazole rings is 1. The maximum Gasteiger partial charge on any atom is 0.414 e. The number of nitrogens with zero attached hydrogens (tertiary/aromatic N) is 3. The van der Waals surface area contributed by atoms with Crippen LogP contribution >= 0.6 is 0 Å². The number of aromatic nitrogens is 2. The SMILES string of the molecule is COC(=O)[C@@H]1CC[C@H](n2c(-c3ccccc3)nc3c4c(ccc32)N(C(=O)OC)C(C)CC4)CC1(C)C. The number of fused-ring (bicyclic) bond motifs is 3. The molecule has 1 aliphatic carbocycles. The van der Waals surface area contributed by atoms with Gasteiger partial charge in [-0.15, -0.1) is 0 Å². The molecule has 7 nitrogen and oxygen atoms in total. The van der Waals surface area contributed by atoms with Gasteiger partial charge in [-0.05, 0) is 56.6 Å². The number of esters is 1. The zero-order chi connectivity index (χ0) is 25.6. The molecule has 1 unspecified atom stereocenters. The molecule has 0 bridgehead atoms. The highest BCUT2D eigenvalue weighted by Crippen LogP contribution is 2.48. The molecule has 190 valence electrons. The number of amides is 1. The molecule has 5 rings (SSSR count). The van der Waals surface area contributed by atoms with Crippen LogP contribution in [0.4, 0.5) is 10.5 Å². The van der Waals surface area contributed by atoms with Gasteiger partial charge in [-0.2, -0.15) is 0 Å². The summed E-state index contributed by atoms with van der Waals surface area (Å²) >= 11 is 0. The van der Waals surface area contributed by atoms with Crippen molar-refractivity contribution in [1.82, 2.24) is 9.55 Å². The maximum atomic E-state index is 12.6. The Balaban J connectivity index is 1.67. The van der Waals surface area contributed by atoms with E-state index in [1.54, 1.807) is 4.90 Å². The summed E-state index contributed by atoms with van der Waals surface area (Å²) in [6.07, 6.45) is 3.86. The Morgan fingerprint density at radius 3 is 2.42 bits per heavy atom. The summed E-state index contributed by atoms with van der Waals surface area (Å²) in [4.78, 5) is 32.1. The molecule has 1 saturated carbocycles. The van der Waals surface area contributed by atoms with Gasteiger partial charge in [0.15, 0.2) is 0 Å². The van der Waals surface area contributed by atoms with Crippen LogP contribution in [0.5, 0.6) is 0 Å². The van der Waals surface area contributed by atoms with Crippen molar-refractivity contribution in [3.63, 3.8) is 0 Å². The topological polar surface area (TPSA) is 73.7 Å². The average molecular weight is 490 g/mol. The minimum absolute atomic E-state index is 0.0625. The van der Waals surface area contributed by atoms with E-state index in [0.29, 0.717) is 0 Å². The second kappa shape index (κ2) is 9.26. The van der Waals surface area contributed by atoms with Gasteiger partial charge in [-0.3, -0.25) is 9.69 Å². The molecule has 2 heterocycles. The number of benzene rings is 2. The van der Waals surface area contributed by atoms with Crippen LogP contribution in [0.2, 0.25) is 0 Å². The molecule has 0 saturated heterocycles. The number of anilines is 1. The van der Waals surface area contributed by atoms with E-state index in [-0.39, 0.29) is 35.5 Å². The Labute approximate surface area is 212 Å². The molecule has 36 heavy (non-hydrogen) atoms. The highest BCUT2D eigenvalue weighted by Gasteiger charge is 2.43. The number of carbonyl (C=O) groups is 2. The van der Waals surface area contributed by atoms with Crippen molar-refractivity contribution in [2.75, 3.05) is 19.1 Å². The van der Waals surface area contributed by atoms with Gasteiger partial charge in [-0.1, -0.05) is 44.2 Å². The molecular formula is C29H35N3O4. The van der Waals surface area contributed by atoms with Crippen molar-refractivity contribution in [2.24, 2.45) is 11.3 Å². The average Bonchev–Trinajstić information content (AvgIpc) is 3.27. The summed E-state index contributed by atoms with van der Waals surface area (Å²) in [7, 11) is 2.90. The highest BCUT2D eigenvalue weighted by atomic mass is 16.5. The number of rotatable bonds is 3. The minimum atomic E-state index is -0.339. The van der Waals surface area contributed by atoms with E-state index in [4.69, 9.17) is 14.5 Å². The zero-order valence-electron chi connectivity index (χ0n) is 21.8. The van der Waals surface area contributed by atoms with Gasteiger partial charge in [0.1, 0.15) is 5.82 Å². The van der Waals surface area contributed by atoms with Crippen LogP contribution in [0, 0.1) is 11.3 Å². The summed E-state index contributed by atoms with van der Waals surface area (Å²) in [5, 5.41) is 0. The van der Waals surface area contributed by atoms with Crippen LogP contribution in [-0.4, -0.2) is 41.9 Å². The van der Waals surface area contributed by atoms with Gasteiger partial charge in [0.05, 0.1) is 36.9 Å². The summed E-state index contributed by atoms with van der Waals surface area (Å²) < 4.78 is 12.6. The molecule has 0 radical (unpaired) electrons. The van der Waals surface area contributed by atoms with E-state index >= 15 is 0 Å². The first-order valence-corrected chi connectivity index (χ1v) is 12.8. The summed E-state index contributed by atoms with van der Waals surface area (Å²) in [5.41, 5.74) is 4.85. The van der Waals surface area contributed by atoms with E-state index in [1.807, 2.05) is 24.3 Å². The van der Waals surface area contributed by atoms with Crippen LogP contribution in [0.3, 0.4) is 0 Å². The van der Waals surface area contributed by atoms with Crippen LogP contribution < -0.4 is 4.90 Å². The lowest BCUT2D eigenvalue weighted by Gasteiger charge is -2.41. The molecule has 2 aliphatic rings. The molecule has 1 fully saturated rings. The second-order valence-corrected chi connectivity index (χ2v) is 10.8. The first-order chi connectivity index (χ1) is 17.3. The standard InChI is InChI=1S/C29H35N3O4/c1-18-11-13-21-23(31(18)28(34)36-5)15-16-24-25(21)30-26(19-9-7-6-8-10-19)32(24)20-12-14-22(27(33)35-4)29(2,3)17-20/h6-10,15-16,18,20,22H,11-14,17H2,1-5H3/t18?,20-,22-/m0/s1. The predicted molar refractivity (Wildman–Crippen MR) is 140 cm³/mol. The second-order valence-electron chi connectivity index (χ2n) is 10.8. The number of aryl methyl sites for hydroxylation is 1. The summed E-state index contributed by atoms with van der Waals surface area (Å²) in [5.74, 6) is 0.694. The fourth-order valence-corrected chi connectivity index (χ4v) is 6.34. The molecule has 2 aromatic carbocycles. The fraction of sp³-hybridized carbons (Fsp3) is 0.483. The Hall–Kier alpha value is -3.35. The quantitative estimate of drug-likeness (QED) is 0.413. The smallest absolute Gasteiger partial charge is 0.414 e. The van der Waals surface area contributed by atoms with Crippen LogP contribution in [0.25, 0.3) is 22.4 Å². The zero-order valence-corrected chi connectivity index (χ0v) is 21.8. The van der Waals surface area contributed by atoms with Crippen molar-refractivity contribution in [1.29, 1.82) is 0 Å². The number of ether oxygens (including phenoxy) is 2. The Morgan fingerprint density at radius 2 is 1.75 bits per heavy atom. The normalized spacial score (nSPS) is 23.2. The van der Waals surface area contributed by atoms with Crippen molar-refractivity contribution in [3.05, 3.63) is 48.0 Å². The van der Waals surface area contributed by atoms with E-state index in [0.717, 1.165) is 65.8 Å². The minimum Gasteiger partial charge on any atom is -0.469 e. The Kier molecular flexibility index (Phi) is 6.27. The van der Waals surface area contributed by atoms with Gasteiger partial charge < -0.3 is 14.0 Å². The highest BCUT2D eigenvalue weighted by molar-refractivity contribution is 5.96. The van der Waals surface area contributed by atoms with E-state index in [1.165, 1.54) is 14.2 Å². The third-order valence-corrected chi connectivity index (χ3v) is 8.20. The van der Waals surface area contributed by atoms with Crippen molar-refractivity contribution < 1.29 is 19.1 Å². The van der Waals surface area contributed by atoms with Crippen LogP contribution in [-0.2, 0) is 20.7 Å². The first-order valence-electron chi connectivity index (χ1n) is 12.8. The summed E-state index contributed by atoms with van der Waals surface area (Å²) in [6.45, 7) is 6.39.